The van der Waals surface area contributed by atoms with Crippen LogP contribution in [0.4, 0.5) is 5.95 Å². The predicted octanol–water partition coefficient (Wildman–Crippen LogP) is 4.02. The first-order valence-corrected chi connectivity index (χ1v) is 7.26. The Kier molecular flexibility index (Phi) is 4.30. The van der Waals surface area contributed by atoms with Crippen LogP contribution in [0.5, 0.6) is 0 Å². The van der Waals surface area contributed by atoms with Gasteiger partial charge in [-0.15, -0.1) is 11.3 Å². The summed E-state index contributed by atoms with van der Waals surface area (Å²) in [6.07, 6.45) is 2.07. The molecule has 3 nitrogen and oxygen atoms in total. The summed E-state index contributed by atoms with van der Waals surface area (Å²) in [4.78, 5) is 5.75. The van der Waals surface area contributed by atoms with Gasteiger partial charge >= 0.3 is 0 Å². The molecule has 0 saturated heterocycles. The van der Waals surface area contributed by atoms with Crippen molar-refractivity contribution in [1.29, 1.82) is 0 Å². The third-order valence-corrected chi connectivity index (χ3v) is 3.74. The maximum atomic E-state index is 5.95. The van der Waals surface area contributed by atoms with Crippen molar-refractivity contribution in [3.8, 4) is 0 Å². The van der Waals surface area contributed by atoms with Crippen molar-refractivity contribution in [3.63, 3.8) is 0 Å². The minimum Gasteiger partial charge on any atom is -0.355 e. The lowest BCUT2D eigenvalue weighted by molar-refractivity contribution is 0.677. The summed E-state index contributed by atoms with van der Waals surface area (Å²) in [6, 6.07) is 4.00. The Morgan fingerprint density at radius 1 is 1.44 bits per heavy atom. The second kappa shape index (κ2) is 5.76. The molecule has 2 rings (SSSR count). The highest BCUT2D eigenvalue weighted by Crippen LogP contribution is 2.23. The number of nitrogens with zero attached hydrogens (tertiary/aromatic N) is 2. The zero-order valence-corrected chi connectivity index (χ0v) is 12.5. The lowest BCUT2D eigenvalue weighted by Crippen LogP contribution is -2.12. The largest absolute Gasteiger partial charge is 0.355 e. The number of rotatable bonds is 5. The Bertz CT molecular complexity index is 516. The molecule has 0 atom stereocenters. The van der Waals surface area contributed by atoms with Gasteiger partial charge in [0.2, 0.25) is 5.95 Å². The normalized spacial score (nSPS) is 11.2. The average molecular weight is 284 g/mol. The van der Waals surface area contributed by atoms with Crippen LogP contribution in [0.1, 0.15) is 24.4 Å². The number of anilines is 1. The summed E-state index contributed by atoms with van der Waals surface area (Å²) in [6.45, 7) is 8.14. The third kappa shape index (κ3) is 3.50. The van der Waals surface area contributed by atoms with Gasteiger partial charge in [0.1, 0.15) is 0 Å². The second-order valence-electron chi connectivity index (χ2n) is 4.81. The van der Waals surface area contributed by atoms with Crippen LogP contribution in [-0.2, 0) is 6.54 Å². The molecule has 2 aromatic rings. The Balaban J connectivity index is 2.11. The SMILES string of the molecule is Cc1cn(Cc2ccc(Cl)s2)c(NCC(C)C)n1. The molecule has 0 fully saturated rings. The number of thiophene rings is 1. The molecule has 5 heteroatoms. The Morgan fingerprint density at radius 2 is 2.22 bits per heavy atom. The quantitative estimate of drug-likeness (QED) is 0.898. The van der Waals surface area contributed by atoms with E-state index < -0.39 is 0 Å². The van der Waals surface area contributed by atoms with Gasteiger partial charge in [-0.3, -0.25) is 0 Å². The van der Waals surface area contributed by atoms with Crippen molar-refractivity contribution in [2.75, 3.05) is 11.9 Å². The van der Waals surface area contributed by atoms with Gasteiger partial charge in [-0.1, -0.05) is 25.4 Å². The van der Waals surface area contributed by atoms with Crippen molar-refractivity contribution in [1.82, 2.24) is 9.55 Å². The number of imidazole rings is 1. The molecule has 0 aliphatic heterocycles. The summed E-state index contributed by atoms with van der Waals surface area (Å²) in [5.41, 5.74) is 1.03. The van der Waals surface area contributed by atoms with Crippen LogP contribution < -0.4 is 5.32 Å². The zero-order chi connectivity index (χ0) is 13.1. The van der Waals surface area contributed by atoms with Crippen LogP contribution in [0.15, 0.2) is 18.3 Å². The van der Waals surface area contributed by atoms with Crippen LogP contribution >= 0.6 is 22.9 Å². The summed E-state index contributed by atoms with van der Waals surface area (Å²) in [5.74, 6) is 1.54. The van der Waals surface area contributed by atoms with E-state index in [0.29, 0.717) is 5.92 Å². The van der Waals surface area contributed by atoms with Gasteiger partial charge in [0, 0.05) is 17.6 Å². The molecule has 0 aliphatic carbocycles. The molecule has 0 unspecified atom stereocenters. The van der Waals surface area contributed by atoms with Crippen molar-refractivity contribution in [2.45, 2.75) is 27.3 Å². The Labute approximate surface area is 117 Å². The minimum atomic E-state index is 0.603. The lowest BCUT2D eigenvalue weighted by atomic mass is 10.2. The van der Waals surface area contributed by atoms with Crippen molar-refractivity contribution >= 4 is 28.9 Å². The first-order chi connectivity index (χ1) is 8.54. The van der Waals surface area contributed by atoms with Gasteiger partial charge < -0.3 is 9.88 Å². The van der Waals surface area contributed by atoms with E-state index >= 15 is 0 Å². The molecule has 0 radical (unpaired) electrons. The predicted molar refractivity (Wildman–Crippen MR) is 78.7 cm³/mol. The summed E-state index contributed by atoms with van der Waals surface area (Å²) in [7, 11) is 0. The highest BCUT2D eigenvalue weighted by atomic mass is 35.5. The molecule has 0 spiro atoms. The first kappa shape index (κ1) is 13.4. The number of hydrogen-bond donors (Lipinski definition) is 1. The Morgan fingerprint density at radius 3 is 2.83 bits per heavy atom. The molecule has 0 aliphatic rings. The monoisotopic (exact) mass is 283 g/mol. The maximum absolute atomic E-state index is 5.95. The van der Waals surface area contributed by atoms with Crippen molar-refractivity contribution in [2.24, 2.45) is 5.92 Å². The first-order valence-electron chi connectivity index (χ1n) is 6.06. The summed E-state index contributed by atoms with van der Waals surface area (Å²) < 4.78 is 2.97. The van der Waals surface area contributed by atoms with E-state index in [0.717, 1.165) is 29.1 Å². The smallest absolute Gasteiger partial charge is 0.203 e. The van der Waals surface area contributed by atoms with Crippen LogP contribution in [0.3, 0.4) is 0 Å². The fourth-order valence-corrected chi connectivity index (χ4v) is 2.79. The lowest BCUT2D eigenvalue weighted by Gasteiger charge is -2.10. The molecule has 1 N–H and O–H groups in total. The molecule has 2 heterocycles. The number of aryl methyl sites for hydroxylation is 1. The number of halogens is 1. The number of aromatic nitrogens is 2. The van der Waals surface area contributed by atoms with Gasteiger partial charge in [-0.05, 0) is 25.0 Å². The molecule has 0 amide bonds. The van der Waals surface area contributed by atoms with E-state index in [4.69, 9.17) is 11.6 Å². The van der Waals surface area contributed by atoms with Crippen molar-refractivity contribution < 1.29 is 0 Å². The molecule has 0 saturated carbocycles. The van der Waals surface area contributed by atoms with E-state index in [-0.39, 0.29) is 0 Å². The van der Waals surface area contributed by atoms with Crippen LogP contribution in [0.2, 0.25) is 4.34 Å². The van der Waals surface area contributed by atoms with Gasteiger partial charge in [0.25, 0.3) is 0 Å². The van der Waals surface area contributed by atoms with Gasteiger partial charge in [0.15, 0.2) is 0 Å². The molecule has 18 heavy (non-hydrogen) atoms. The maximum Gasteiger partial charge on any atom is 0.203 e. The standard InChI is InChI=1S/C13H18ClN3S/c1-9(2)6-15-13-16-10(3)7-17(13)8-11-4-5-12(14)18-11/h4-5,7,9H,6,8H2,1-3H3,(H,15,16). The fraction of sp³-hybridized carbons (Fsp3) is 0.462. The van der Waals surface area contributed by atoms with E-state index in [9.17, 15) is 0 Å². The molecule has 98 valence electrons. The van der Waals surface area contributed by atoms with Crippen LogP contribution in [0, 0.1) is 12.8 Å². The minimum absolute atomic E-state index is 0.603. The molecular formula is C13H18ClN3S. The van der Waals surface area contributed by atoms with E-state index in [1.54, 1.807) is 11.3 Å². The van der Waals surface area contributed by atoms with Gasteiger partial charge in [-0.25, -0.2) is 4.98 Å². The highest BCUT2D eigenvalue weighted by molar-refractivity contribution is 7.16. The van der Waals surface area contributed by atoms with E-state index in [2.05, 4.69) is 41.0 Å². The number of nitrogens with one attached hydrogen (secondary N) is 1. The molecule has 2 aromatic heterocycles. The Hall–Kier alpha value is -1.00. The van der Waals surface area contributed by atoms with Crippen LogP contribution in [-0.4, -0.2) is 16.1 Å². The van der Waals surface area contributed by atoms with Crippen LogP contribution in [0.25, 0.3) is 0 Å². The number of hydrogen-bond acceptors (Lipinski definition) is 3. The van der Waals surface area contributed by atoms with Gasteiger partial charge in [-0.2, -0.15) is 0 Å². The van der Waals surface area contributed by atoms with E-state index in [1.807, 2.05) is 13.0 Å². The zero-order valence-electron chi connectivity index (χ0n) is 10.9. The highest BCUT2D eigenvalue weighted by Gasteiger charge is 2.07. The topological polar surface area (TPSA) is 29.9 Å². The third-order valence-electron chi connectivity index (χ3n) is 2.52. The fourth-order valence-electron chi connectivity index (χ4n) is 1.71. The average Bonchev–Trinajstić information content (AvgIpc) is 2.83. The van der Waals surface area contributed by atoms with Gasteiger partial charge in [0.05, 0.1) is 16.6 Å². The second-order valence-corrected chi connectivity index (χ2v) is 6.61. The van der Waals surface area contributed by atoms with E-state index in [1.165, 1.54) is 4.88 Å². The van der Waals surface area contributed by atoms with Crippen molar-refractivity contribution in [3.05, 3.63) is 33.2 Å². The molecule has 0 bridgehead atoms. The summed E-state index contributed by atoms with van der Waals surface area (Å²) >= 11 is 7.57. The molecular weight excluding hydrogens is 266 g/mol. The summed E-state index contributed by atoms with van der Waals surface area (Å²) in [5, 5.41) is 3.38. The molecule has 0 aromatic carbocycles.